The maximum atomic E-state index is 10.9. The zero-order valence-corrected chi connectivity index (χ0v) is 15.6. The standard InChI is InChI=1S/C17H36O4S/c1-4-5-6-7-8-9-10-11-14-17(2)15-12-13-16-21-22(18,19)20-3/h17H,4-16H2,1-3H3. The van der Waals surface area contributed by atoms with Crippen LogP contribution in [0.2, 0.25) is 0 Å². The molecule has 0 radical (unpaired) electrons. The third-order valence-electron chi connectivity index (χ3n) is 4.07. The van der Waals surface area contributed by atoms with Crippen molar-refractivity contribution in [3.05, 3.63) is 0 Å². The summed E-state index contributed by atoms with van der Waals surface area (Å²) in [7, 11) is -2.64. The normalized spacial score (nSPS) is 13.4. The van der Waals surface area contributed by atoms with Crippen molar-refractivity contribution in [3.63, 3.8) is 0 Å². The molecule has 0 spiro atoms. The highest BCUT2D eigenvalue weighted by molar-refractivity contribution is 7.81. The number of hydrogen-bond acceptors (Lipinski definition) is 4. The Balaban J connectivity index is 3.31. The van der Waals surface area contributed by atoms with Gasteiger partial charge in [0.1, 0.15) is 0 Å². The number of hydrogen-bond donors (Lipinski definition) is 0. The molecule has 22 heavy (non-hydrogen) atoms. The Bertz CT molecular complexity index is 328. The Labute approximate surface area is 138 Å². The molecule has 0 aliphatic rings. The van der Waals surface area contributed by atoms with Gasteiger partial charge in [0.15, 0.2) is 0 Å². The first-order valence-corrected chi connectivity index (χ1v) is 10.3. The maximum absolute atomic E-state index is 10.9. The molecule has 0 aromatic rings. The lowest BCUT2D eigenvalue weighted by atomic mass is 9.97. The van der Waals surface area contributed by atoms with Gasteiger partial charge in [0.25, 0.3) is 0 Å². The molecule has 0 rings (SSSR count). The van der Waals surface area contributed by atoms with Gasteiger partial charge in [0, 0.05) is 0 Å². The van der Waals surface area contributed by atoms with Crippen molar-refractivity contribution in [2.45, 2.75) is 90.9 Å². The molecule has 134 valence electrons. The van der Waals surface area contributed by atoms with E-state index < -0.39 is 10.4 Å². The Morgan fingerprint density at radius 2 is 1.32 bits per heavy atom. The van der Waals surface area contributed by atoms with Gasteiger partial charge in [-0.25, -0.2) is 4.18 Å². The topological polar surface area (TPSA) is 52.6 Å². The summed E-state index contributed by atoms with van der Waals surface area (Å²) in [6.45, 7) is 4.76. The maximum Gasteiger partial charge on any atom is 0.399 e. The van der Waals surface area contributed by atoms with Crippen LogP contribution in [0.4, 0.5) is 0 Å². The lowest BCUT2D eigenvalue weighted by Gasteiger charge is -2.11. The van der Waals surface area contributed by atoms with E-state index in [1.165, 1.54) is 57.8 Å². The minimum Gasteiger partial charge on any atom is -0.252 e. The van der Waals surface area contributed by atoms with E-state index in [1.807, 2.05) is 0 Å². The largest absolute Gasteiger partial charge is 0.399 e. The molecule has 0 amide bonds. The van der Waals surface area contributed by atoms with E-state index in [2.05, 4.69) is 22.2 Å². The highest BCUT2D eigenvalue weighted by Crippen LogP contribution is 2.17. The van der Waals surface area contributed by atoms with Gasteiger partial charge in [-0.2, -0.15) is 8.42 Å². The molecule has 0 bridgehead atoms. The molecule has 0 saturated heterocycles. The summed E-state index contributed by atoms with van der Waals surface area (Å²) in [5.74, 6) is 0.721. The average Bonchev–Trinajstić information content (AvgIpc) is 2.49. The van der Waals surface area contributed by atoms with Crippen LogP contribution in [0, 0.1) is 5.92 Å². The first-order chi connectivity index (χ1) is 10.5. The number of unbranched alkanes of at least 4 members (excludes halogenated alkanes) is 8. The molecule has 0 heterocycles. The van der Waals surface area contributed by atoms with Crippen LogP contribution in [0.1, 0.15) is 90.9 Å². The first kappa shape index (κ1) is 21.9. The van der Waals surface area contributed by atoms with Crippen LogP contribution < -0.4 is 0 Å². The predicted octanol–water partition coefficient (Wildman–Crippen LogP) is 5.23. The zero-order valence-electron chi connectivity index (χ0n) is 14.8. The third-order valence-corrected chi connectivity index (χ3v) is 4.94. The Kier molecular flexibility index (Phi) is 14.4. The first-order valence-electron chi connectivity index (χ1n) is 8.96. The molecule has 0 aliphatic carbocycles. The molecule has 0 N–H and O–H groups in total. The van der Waals surface area contributed by atoms with Gasteiger partial charge in [-0.3, -0.25) is 4.18 Å². The van der Waals surface area contributed by atoms with Crippen LogP contribution in [-0.2, 0) is 18.8 Å². The van der Waals surface area contributed by atoms with E-state index in [0.717, 1.165) is 32.3 Å². The second-order valence-electron chi connectivity index (χ2n) is 6.26. The van der Waals surface area contributed by atoms with E-state index in [1.54, 1.807) is 0 Å². The summed E-state index contributed by atoms with van der Waals surface area (Å²) in [4.78, 5) is 0. The van der Waals surface area contributed by atoms with Crippen LogP contribution in [0.5, 0.6) is 0 Å². The third kappa shape index (κ3) is 14.8. The highest BCUT2D eigenvalue weighted by Gasteiger charge is 2.08. The predicted molar refractivity (Wildman–Crippen MR) is 92.1 cm³/mol. The summed E-state index contributed by atoms with van der Waals surface area (Å²) >= 11 is 0. The fourth-order valence-corrected chi connectivity index (χ4v) is 2.99. The minimum absolute atomic E-state index is 0.223. The summed E-state index contributed by atoms with van der Waals surface area (Å²) in [5.41, 5.74) is 0. The zero-order chi connectivity index (χ0) is 16.7. The van der Waals surface area contributed by atoms with Gasteiger partial charge in [-0.15, -0.1) is 0 Å². The van der Waals surface area contributed by atoms with Crippen molar-refractivity contribution in [2.24, 2.45) is 5.92 Å². The summed E-state index contributed by atoms with van der Waals surface area (Å²) < 4.78 is 30.8. The van der Waals surface area contributed by atoms with Crippen LogP contribution in [0.15, 0.2) is 0 Å². The van der Waals surface area contributed by atoms with Gasteiger partial charge in [-0.1, -0.05) is 84.5 Å². The molecule has 0 aromatic heterocycles. The van der Waals surface area contributed by atoms with E-state index >= 15 is 0 Å². The molecule has 1 unspecified atom stereocenters. The Hall–Kier alpha value is -0.130. The van der Waals surface area contributed by atoms with Crippen LogP contribution in [-0.4, -0.2) is 22.1 Å². The van der Waals surface area contributed by atoms with Crippen LogP contribution in [0.3, 0.4) is 0 Å². The lowest BCUT2D eigenvalue weighted by molar-refractivity contribution is 0.236. The van der Waals surface area contributed by atoms with E-state index in [4.69, 9.17) is 0 Å². The second kappa shape index (κ2) is 14.5. The summed E-state index contributed by atoms with van der Waals surface area (Å²) in [6.07, 6.45) is 15.1. The monoisotopic (exact) mass is 336 g/mol. The summed E-state index contributed by atoms with van der Waals surface area (Å²) in [5, 5.41) is 0. The molecule has 4 nitrogen and oxygen atoms in total. The Morgan fingerprint density at radius 1 is 0.818 bits per heavy atom. The van der Waals surface area contributed by atoms with Gasteiger partial charge < -0.3 is 0 Å². The van der Waals surface area contributed by atoms with Crippen molar-refractivity contribution in [3.8, 4) is 0 Å². The molecule has 1 atom stereocenters. The van der Waals surface area contributed by atoms with Gasteiger partial charge in [0.2, 0.25) is 0 Å². The molecular formula is C17H36O4S. The average molecular weight is 337 g/mol. The van der Waals surface area contributed by atoms with Crippen molar-refractivity contribution in [1.82, 2.24) is 0 Å². The fraction of sp³-hybridized carbons (Fsp3) is 1.00. The van der Waals surface area contributed by atoms with E-state index in [9.17, 15) is 8.42 Å². The van der Waals surface area contributed by atoms with Crippen molar-refractivity contribution in [1.29, 1.82) is 0 Å². The SMILES string of the molecule is CCCCCCCCCCC(C)CCCCOS(=O)(=O)OC. The highest BCUT2D eigenvalue weighted by atomic mass is 32.3. The number of rotatable bonds is 16. The molecule has 5 heteroatoms. The fourth-order valence-electron chi connectivity index (χ4n) is 2.57. The lowest BCUT2D eigenvalue weighted by Crippen LogP contribution is -2.08. The molecule has 0 fully saturated rings. The molecule has 0 aliphatic heterocycles. The smallest absolute Gasteiger partial charge is 0.252 e. The van der Waals surface area contributed by atoms with Crippen molar-refractivity contribution in [2.75, 3.05) is 13.7 Å². The van der Waals surface area contributed by atoms with Gasteiger partial charge in [-0.05, 0) is 12.3 Å². The van der Waals surface area contributed by atoms with Crippen molar-refractivity contribution >= 4 is 10.4 Å². The quantitative estimate of drug-likeness (QED) is 0.362. The molecular weight excluding hydrogens is 300 g/mol. The van der Waals surface area contributed by atoms with Crippen LogP contribution >= 0.6 is 0 Å². The molecule has 0 saturated carbocycles. The van der Waals surface area contributed by atoms with Crippen LogP contribution in [0.25, 0.3) is 0 Å². The summed E-state index contributed by atoms with van der Waals surface area (Å²) in [6, 6.07) is 0. The minimum atomic E-state index is -3.75. The molecule has 0 aromatic carbocycles. The van der Waals surface area contributed by atoms with E-state index in [-0.39, 0.29) is 6.61 Å². The second-order valence-corrected chi connectivity index (χ2v) is 7.65. The van der Waals surface area contributed by atoms with Gasteiger partial charge >= 0.3 is 10.4 Å². The van der Waals surface area contributed by atoms with Gasteiger partial charge in [0.05, 0.1) is 13.7 Å². The van der Waals surface area contributed by atoms with E-state index in [0.29, 0.717) is 0 Å². The van der Waals surface area contributed by atoms with Crippen molar-refractivity contribution < 1.29 is 16.8 Å². The Morgan fingerprint density at radius 3 is 1.86 bits per heavy atom.